The lowest BCUT2D eigenvalue weighted by Crippen LogP contribution is -1.72. The quantitative estimate of drug-likeness (QED) is 0.688. The highest BCUT2D eigenvalue weighted by molar-refractivity contribution is 14.1. The van der Waals surface area contributed by atoms with Crippen LogP contribution in [0.5, 0.6) is 0 Å². The Bertz CT molecular complexity index is 400. The molecule has 0 aliphatic heterocycles. The van der Waals surface area contributed by atoms with Gasteiger partial charge in [0.2, 0.25) is 0 Å². The van der Waals surface area contributed by atoms with Crippen LogP contribution in [0.1, 0.15) is 5.56 Å². The molecule has 0 spiro atoms. The molecule has 2 rings (SSSR count). The summed E-state index contributed by atoms with van der Waals surface area (Å²) in [5, 5.41) is 0. The van der Waals surface area contributed by atoms with Crippen LogP contribution >= 0.6 is 33.9 Å². The van der Waals surface area contributed by atoms with E-state index in [1.807, 2.05) is 11.3 Å². The molecule has 2 heteroatoms. The Hall–Kier alpha value is -0.350. The highest BCUT2D eigenvalue weighted by Gasteiger charge is 1.99. The van der Waals surface area contributed by atoms with Crippen LogP contribution < -0.4 is 0 Å². The topological polar surface area (TPSA) is 0 Å². The number of hydrogen-bond donors (Lipinski definition) is 0. The van der Waals surface area contributed by atoms with Crippen molar-refractivity contribution in [3.05, 3.63) is 44.8 Å². The van der Waals surface area contributed by atoms with E-state index in [1.54, 1.807) is 0 Å². The minimum absolute atomic E-state index is 1.31. The van der Waals surface area contributed by atoms with Crippen LogP contribution in [0.2, 0.25) is 0 Å². The molecule has 0 bridgehead atoms. The molecule has 0 fully saturated rings. The van der Waals surface area contributed by atoms with E-state index >= 15 is 0 Å². The number of thiophene rings is 1. The van der Waals surface area contributed by atoms with Gasteiger partial charge >= 0.3 is 0 Å². The fourth-order valence-electron chi connectivity index (χ4n) is 1.19. The second-order valence-corrected chi connectivity index (χ2v) is 5.95. The fraction of sp³-hybridized carbons (Fsp3) is 0.0909. The van der Waals surface area contributed by atoms with E-state index in [-0.39, 0.29) is 0 Å². The first-order chi connectivity index (χ1) is 6.25. The van der Waals surface area contributed by atoms with Gasteiger partial charge in [-0.3, -0.25) is 0 Å². The lowest BCUT2D eigenvalue weighted by atomic mass is 10.1. The Balaban J connectivity index is 2.41. The molecule has 0 aliphatic rings. The summed E-state index contributed by atoms with van der Waals surface area (Å²) >= 11 is 4.19. The molecular weight excluding hydrogens is 291 g/mol. The molecule has 1 aromatic carbocycles. The van der Waals surface area contributed by atoms with E-state index < -0.39 is 0 Å². The maximum Gasteiger partial charge on any atom is 0.0660 e. The van der Waals surface area contributed by atoms with Gasteiger partial charge in [-0.05, 0) is 47.2 Å². The molecule has 0 saturated heterocycles. The summed E-state index contributed by atoms with van der Waals surface area (Å²) < 4.78 is 1.34. The number of rotatable bonds is 1. The van der Waals surface area contributed by atoms with Gasteiger partial charge in [0.15, 0.2) is 0 Å². The van der Waals surface area contributed by atoms with E-state index in [0.717, 1.165) is 0 Å². The molecule has 0 aliphatic carbocycles. The van der Waals surface area contributed by atoms with Crippen molar-refractivity contribution < 1.29 is 0 Å². The molecular formula is C11H9IS. The zero-order valence-electron chi connectivity index (χ0n) is 7.25. The van der Waals surface area contributed by atoms with Gasteiger partial charge in [0.25, 0.3) is 0 Å². The molecule has 0 radical (unpaired) electrons. The average Bonchev–Trinajstić information content (AvgIpc) is 2.53. The lowest BCUT2D eigenvalue weighted by molar-refractivity contribution is 1.48. The zero-order valence-corrected chi connectivity index (χ0v) is 10.2. The average molecular weight is 300 g/mol. The van der Waals surface area contributed by atoms with Crippen LogP contribution in [0, 0.1) is 9.81 Å². The summed E-state index contributed by atoms with van der Waals surface area (Å²) in [7, 11) is 0. The van der Waals surface area contributed by atoms with Gasteiger partial charge in [-0.2, -0.15) is 0 Å². The van der Waals surface area contributed by atoms with E-state index in [9.17, 15) is 0 Å². The third-order valence-corrected chi connectivity index (χ3v) is 3.85. The zero-order chi connectivity index (χ0) is 9.26. The highest BCUT2D eigenvalue weighted by atomic mass is 127. The van der Waals surface area contributed by atoms with Crippen LogP contribution in [0.25, 0.3) is 10.4 Å². The van der Waals surface area contributed by atoms with Crippen LogP contribution in [-0.4, -0.2) is 0 Å². The van der Waals surface area contributed by atoms with Crippen molar-refractivity contribution in [2.75, 3.05) is 0 Å². The fourth-order valence-corrected chi connectivity index (χ4v) is 2.81. The second-order valence-electron chi connectivity index (χ2n) is 2.97. The summed E-state index contributed by atoms with van der Waals surface area (Å²) in [6, 6.07) is 13.0. The Kier molecular flexibility index (Phi) is 2.69. The minimum atomic E-state index is 1.31. The minimum Gasteiger partial charge on any atom is -0.129 e. The molecule has 0 amide bonds. The summed E-state index contributed by atoms with van der Waals surface area (Å²) in [5.74, 6) is 0. The number of aryl methyl sites for hydroxylation is 1. The van der Waals surface area contributed by atoms with Crippen LogP contribution in [-0.2, 0) is 0 Å². The maximum absolute atomic E-state index is 2.35. The first-order valence-corrected chi connectivity index (χ1v) is 5.97. The normalized spacial score (nSPS) is 10.3. The van der Waals surface area contributed by atoms with Crippen LogP contribution in [0.4, 0.5) is 0 Å². The van der Waals surface area contributed by atoms with Gasteiger partial charge in [-0.15, -0.1) is 11.3 Å². The molecule has 0 unspecified atom stereocenters. The summed E-state index contributed by atoms with van der Waals surface area (Å²) in [5.41, 5.74) is 2.63. The first kappa shape index (κ1) is 9.21. The van der Waals surface area contributed by atoms with Crippen LogP contribution in [0.15, 0.2) is 36.4 Å². The monoisotopic (exact) mass is 300 g/mol. The Morgan fingerprint density at radius 3 is 2.23 bits per heavy atom. The van der Waals surface area contributed by atoms with Crippen LogP contribution in [0.3, 0.4) is 0 Å². The van der Waals surface area contributed by atoms with Gasteiger partial charge in [0.1, 0.15) is 0 Å². The largest absolute Gasteiger partial charge is 0.129 e. The summed E-state index contributed by atoms with van der Waals surface area (Å²) in [6.45, 7) is 2.11. The molecule has 13 heavy (non-hydrogen) atoms. The third kappa shape index (κ3) is 2.11. The first-order valence-electron chi connectivity index (χ1n) is 4.08. The molecule has 1 heterocycles. The van der Waals surface area contributed by atoms with Crippen molar-refractivity contribution in [1.82, 2.24) is 0 Å². The maximum atomic E-state index is 2.35. The molecule has 0 atom stereocenters. The molecule has 0 saturated carbocycles. The van der Waals surface area contributed by atoms with Crippen molar-refractivity contribution >= 4 is 33.9 Å². The molecule has 0 nitrogen and oxygen atoms in total. The third-order valence-electron chi connectivity index (χ3n) is 1.91. The molecule has 2 aromatic rings. The van der Waals surface area contributed by atoms with Gasteiger partial charge in [-0.25, -0.2) is 0 Å². The Labute approximate surface area is 95.8 Å². The van der Waals surface area contributed by atoms with E-state index in [2.05, 4.69) is 65.9 Å². The molecule has 0 N–H and O–H groups in total. The van der Waals surface area contributed by atoms with Crippen molar-refractivity contribution in [1.29, 1.82) is 0 Å². The smallest absolute Gasteiger partial charge is 0.0660 e. The number of hydrogen-bond acceptors (Lipinski definition) is 1. The molecule has 1 aromatic heterocycles. The lowest BCUT2D eigenvalue weighted by Gasteiger charge is -1.96. The van der Waals surface area contributed by atoms with Gasteiger partial charge in [0, 0.05) is 4.88 Å². The SMILES string of the molecule is Cc1ccc(-c2ccc(I)s2)cc1. The van der Waals surface area contributed by atoms with Crippen molar-refractivity contribution in [2.24, 2.45) is 0 Å². The van der Waals surface area contributed by atoms with Crippen molar-refractivity contribution in [3.8, 4) is 10.4 Å². The Morgan fingerprint density at radius 1 is 1.00 bits per heavy atom. The number of halogens is 1. The predicted molar refractivity (Wildman–Crippen MR) is 67.2 cm³/mol. The predicted octanol–water partition coefficient (Wildman–Crippen LogP) is 4.33. The van der Waals surface area contributed by atoms with Crippen molar-refractivity contribution in [3.63, 3.8) is 0 Å². The Morgan fingerprint density at radius 2 is 1.69 bits per heavy atom. The van der Waals surface area contributed by atoms with E-state index in [0.29, 0.717) is 0 Å². The second kappa shape index (κ2) is 3.80. The molecule has 66 valence electrons. The summed E-state index contributed by atoms with van der Waals surface area (Å²) in [6.07, 6.45) is 0. The van der Waals surface area contributed by atoms with Gasteiger partial charge in [0.05, 0.1) is 2.88 Å². The van der Waals surface area contributed by atoms with Gasteiger partial charge < -0.3 is 0 Å². The number of benzene rings is 1. The van der Waals surface area contributed by atoms with E-state index in [4.69, 9.17) is 0 Å². The van der Waals surface area contributed by atoms with E-state index in [1.165, 1.54) is 18.9 Å². The summed E-state index contributed by atoms with van der Waals surface area (Å²) in [4.78, 5) is 1.35. The van der Waals surface area contributed by atoms with Gasteiger partial charge in [-0.1, -0.05) is 29.8 Å². The van der Waals surface area contributed by atoms with Crippen molar-refractivity contribution in [2.45, 2.75) is 6.92 Å². The highest BCUT2D eigenvalue weighted by Crippen LogP contribution is 2.28. The standard InChI is InChI=1S/C11H9IS/c1-8-2-4-9(5-3-8)10-6-7-11(12)13-10/h2-7H,1H3.